The molecule has 0 amide bonds. The molecule has 0 aromatic rings. The summed E-state index contributed by atoms with van der Waals surface area (Å²) in [5.41, 5.74) is 3.13. The lowest BCUT2D eigenvalue weighted by Gasteiger charge is -2.57. The highest BCUT2D eigenvalue weighted by Gasteiger charge is 2.52. The first-order chi connectivity index (χ1) is 19.1. The summed E-state index contributed by atoms with van der Waals surface area (Å²) in [7, 11) is 0. The van der Waals surface area contributed by atoms with Gasteiger partial charge in [-0.25, -0.2) is 0 Å². The van der Waals surface area contributed by atoms with Crippen molar-refractivity contribution in [2.24, 2.45) is 37.9 Å². The maximum atomic E-state index is 2.62. The van der Waals surface area contributed by atoms with Crippen LogP contribution in [0.15, 0.2) is 0 Å². The van der Waals surface area contributed by atoms with Crippen molar-refractivity contribution in [3.63, 3.8) is 0 Å². The van der Waals surface area contributed by atoms with E-state index in [9.17, 15) is 0 Å². The smallest absolute Gasteiger partial charge is 0.0221 e. The molecule has 0 nitrogen and oxygen atoms in total. The molecule has 4 unspecified atom stereocenters. The topological polar surface area (TPSA) is 0 Å². The van der Waals surface area contributed by atoms with Crippen molar-refractivity contribution in [2.75, 3.05) is 0 Å². The van der Waals surface area contributed by atoms with E-state index >= 15 is 0 Å². The lowest BCUT2D eigenvalue weighted by atomic mass is 9.48. The van der Waals surface area contributed by atoms with Gasteiger partial charge in [0.05, 0.1) is 0 Å². The van der Waals surface area contributed by atoms with Crippen LogP contribution in [0.2, 0.25) is 0 Å². The van der Waals surface area contributed by atoms with Gasteiger partial charge in [-0.05, 0) is 82.9 Å². The molecule has 0 saturated heterocycles. The lowest BCUT2D eigenvalue weighted by Crippen LogP contribution is -2.48. The molecular formula is C42H88. The van der Waals surface area contributed by atoms with Crippen LogP contribution in [0.4, 0.5) is 0 Å². The average molecular weight is 593 g/mol. The van der Waals surface area contributed by atoms with Crippen molar-refractivity contribution < 1.29 is 0 Å². The fourth-order valence-corrected chi connectivity index (χ4v) is 9.21. The van der Waals surface area contributed by atoms with E-state index in [2.05, 4.69) is 125 Å². The molecule has 0 saturated carbocycles. The first-order valence-corrected chi connectivity index (χ1v) is 19.1. The van der Waals surface area contributed by atoms with E-state index in [1.54, 1.807) is 0 Å². The molecule has 42 heavy (non-hydrogen) atoms. The van der Waals surface area contributed by atoms with Crippen LogP contribution >= 0.6 is 0 Å². The monoisotopic (exact) mass is 593 g/mol. The molecular weight excluding hydrogens is 504 g/mol. The normalized spacial score (nSPS) is 18.7. The van der Waals surface area contributed by atoms with Crippen molar-refractivity contribution in [3.8, 4) is 0 Å². The molecule has 0 spiro atoms. The Kier molecular flexibility index (Phi) is 19.8. The summed E-state index contributed by atoms with van der Waals surface area (Å²) in [6.45, 7) is 44.2. The number of hydrogen-bond donors (Lipinski definition) is 0. The van der Waals surface area contributed by atoms with Gasteiger partial charge in [0, 0.05) is 0 Å². The molecule has 0 heterocycles. The Morgan fingerprint density at radius 1 is 0.310 bits per heavy atom. The second-order valence-electron chi connectivity index (χ2n) is 18.1. The molecule has 0 N–H and O–H groups in total. The minimum Gasteiger partial charge on any atom is -0.0654 e. The van der Waals surface area contributed by atoms with Gasteiger partial charge in [-0.15, -0.1) is 0 Å². The summed E-state index contributed by atoms with van der Waals surface area (Å²) in [5, 5.41) is 0. The quantitative estimate of drug-likeness (QED) is 0.116. The van der Waals surface area contributed by atoms with E-state index in [1.807, 2.05) is 0 Å². The van der Waals surface area contributed by atoms with Gasteiger partial charge in [0.25, 0.3) is 0 Å². The Balaban J connectivity index is 0. The molecule has 0 rings (SSSR count). The van der Waals surface area contributed by atoms with Crippen molar-refractivity contribution >= 4 is 0 Å². The van der Waals surface area contributed by atoms with Gasteiger partial charge >= 0.3 is 0 Å². The molecule has 0 heteroatoms. The van der Waals surface area contributed by atoms with E-state index in [0.29, 0.717) is 37.9 Å². The largest absolute Gasteiger partial charge is 0.0654 e. The van der Waals surface area contributed by atoms with E-state index in [0.717, 1.165) is 0 Å². The fourth-order valence-electron chi connectivity index (χ4n) is 9.21. The first-order valence-electron chi connectivity index (χ1n) is 19.1. The summed E-state index contributed by atoms with van der Waals surface area (Å²) in [5.74, 6) is 0. The zero-order valence-electron chi connectivity index (χ0n) is 33.5. The number of unbranched alkanes of at least 4 members (excludes halogenated alkanes) is 2. The second-order valence-corrected chi connectivity index (χ2v) is 18.1. The SMILES string of the molecule is CCCC(C)(C)C(C)(CCCC(C)(C)C)C(C)(CC)CCC.CCCCCC(C)(C(C)(C)CCC)C(C)(CC)CCC. The third-order valence-electron chi connectivity index (χ3n) is 13.4. The highest BCUT2D eigenvalue weighted by atomic mass is 14.6. The predicted octanol–water partition coefficient (Wildman–Crippen LogP) is 15.9. The Morgan fingerprint density at radius 3 is 0.905 bits per heavy atom. The van der Waals surface area contributed by atoms with Crippen molar-refractivity contribution in [1.29, 1.82) is 0 Å². The minimum atomic E-state index is 0.416. The van der Waals surface area contributed by atoms with Crippen LogP contribution in [0.3, 0.4) is 0 Å². The first kappa shape index (κ1) is 44.1. The molecule has 0 bridgehead atoms. The molecule has 4 atom stereocenters. The van der Waals surface area contributed by atoms with Crippen LogP contribution < -0.4 is 0 Å². The van der Waals surface area contributed by atoms with Crippen molar-refractivity contribution in [1.82, 2.24) is 0 Å². The van der Waals surface area contributed by atoms with Gasteiger partial charge in [0.2, 0.25) is 0 Å². The zero-order chi connectivity index (χ0) is 33.5. The average Bonchev–Trinajstić information content (AvgIpc) is 2.88. The van der Waals surface area contributed by atoms with Gasteiger partial charge in [-0.3, -0.25) is 0 Å². The third kappa shape index (κ3) is 11.7. The van der Waals surface area contributed by atoms with Crippen LogP contribution in [-0.4, -0.2) is 0 Å². The Labute approximate surface area is 271 Å². The maximum absolute atomic E-state index is 2.62. The fraction of sp³-hybridized carbons (Fsp3) is 1.00. The Hall–Kier alpha value is 0. The molecule has 0 radical (unpaired) electrons. The van der Waals surface area contributed by atoms with Crippen LogP contribution in [0.25, 0.3) is 0 Å². The Morgan fingerprint density at radius 2 is 0.643 bits per heavy atom. The zero-order valence-corrected chi connectivity index (χ0v) is 33.5. The van der Waals surface area contributed by atoms with Gasteiger partial charge in [0.1, 0.15) is 0 Å². The minimum absolute atomic E-state index is 0.416. The predicted molar refractivity (Wildman–Crippen MR) is 198 cm³/mol. The highest BCUT2D eigenvalue weighted by Crippen LogP contribution is 2.61. The second kappa shape index (κ2) is 18.8. The van der Waals surface area contributed by atoms with Crippen LogP contribution in [0.1, 0.15) is 234 Å². The summed E-state index contributed by atoms with van der Waals surface area (Å²) in [4.78, 5) is 0. The number of rotatable bonds is 21. The maximum Gasteiger partial charge on any atom is -0.0221 e. The Bertz CT molecular complexity index is 677. The number of hydrogen-bond acceptors (Lipinski definition) is 0. The van der Waals surface area contributed by atoms with Gasteiger partial charge in [-0.2, -0.15) is 0 Å². The lowest BCUT2D eigenvalue weighted by molar-refractivity contribution is -0.0710. The van der Waals surface area contributed by atoms with Crippen molar-refractivity contribution in [3.05, 3.63) is 0 Å². The molecule has 0 fully saturated rings. The summed E-state index contributed by atoms with van der Waals surface area (Å²) in [6.07, 6.45) is 22.9. The third-order valence-corrected chi connectivity index (χ3v) is 13.4. The molecule has 256 valence electrons. The van der Waals surface area contributed by atoms with Crippen LogP contribution in [0, 0.1) is 37.9 Å². The molecule has 0 aliphatic heterocycles. The van der Waals surface area contributed by atoms with Crippen molar-refractivity contribution in [2.45, 2.75) is 234 Å². The molecule has 0 aliphatic rings. The van der Waals surface area contributed by atoms with Gasteiger partial charge in [0.15, 0.2) is 0 Å². The van der Waals surface area contributed by atoms with E-state index in [-0.39, 0.29) is 0 Å². The molecule has 0 aromatic carbocycles. The van der Waals surface area contributed by atoms with Crippen LogP contribution in [0.5, 0.6) is 0 Å². The standard InChI is InChI=1S/C22H46.C20H42/c1-11-15-20(7,8)22(10,18-14-17-19(4,5)6)21(9,13-3)16-12-2;1-9-13-14-17-20(8,18(5,6)15-10-2)19(7,12-4)16-11-3/h11-18H2,1-10H3;9-17H2,1-8H3. The molecule has 0 aliphatic carbocycles. The van der Waals surface area contributed by atoms with E-state index in [4.69, 9.17) is 0 Å². The van der Waals surface area contributed by atoms with Gasteiger partial charge < -0.3 is 0 Å². The van der Waals surface area contributed by atoms with Gasteiger partial charge in [-0.1, -0.05) is 189 Å². The van der Waals surface area contributed by atoms with Crippen LogP contribution in [-0.2, 0) is 0 Å². The summed E-state index contributed by atoms with van der Waals surface area (Å²) >= 11 is 0. The van der Waals surface area contributed by atoms with E-state index < -0.39 is 0 Å². The molecule has 0 aromatic heterocycles. The summed E-state index contributed by atoms with van der Waals surface area (Å²) < 4.78 is 0. The van der Waals surface area contributed by atoms with E-state index in [1.165, 1.54) is 109 Å². The highest BCUT2D eigenvalue weighted by molar-refractivity contribution is 5.01. The summed E-state index contributed by atoms with van der Waals surface area (Å²) in [6, 6.07) is 0.